The van der Waals surface area contributed by atoms with Gasteiger partial charge in [0.25, 0.3) is 0 Å². The summed E-state index contributed by atoms with van der Waals surface area (Å²) in [4.78, 5) is 22.2. The van der Waals surface area contributed by atoms with Crippen molar-refractivity contribution in [3.05, 3.63) is 71.3 Å². The van der Waals surface area contributed by atoms with E-state index in [0.717, 1.165) is 40.4 Å². The molecule has 1 fully saturated rings. The van der Waals surface area contributed by atoms with Crippen LogP contribution in [-0.4, -0.2) is 63.8 Å². The summed E-state index contributed by atoms with van der Waals surface area (Å²) in [6.45, 7) is 4.05. The van der Waals surface area contributed by atoms with Crippen LogP contribution in [0.5, 0.6) is 5.75 Å². The molecule has 0 spiro atoms. The van der Waals surface area contributed by atoms with Crippen LogP contribution in [0.2, 0.25) is 0 Å². The van der Waals surface area contributed by atoms with Crippen LogP contribution < -0.4 is 10.1 Å². The van der Waals surface area contributed by atoms with E-state index in [0.29, 0.717) is 31.8 Å². The standard InChI is InChI=1S/C25H26F2N6O3/c1-15-28-21-5-2-16(10-22(21)29-15)30-25(34)14-33-7-9-36-24(13-33)23-11-17(31-32-23)6-8-35-18-3-4-19(26)20(27)12-18/h2-5,10-12,24H,6-9,13-14H2,1H3,(H,28,29)(H,30,34)(H,31,32). The molecule has 2 aromatic carbocycles. The van der Waals surface area contributed by atoms with E-state index < -0.39 is 11.6 Å². The van der Waals surface area contributed by atoms with Crippen molar-refractivity contribution in [1.29, 1.82) is 0 Å². The Morgan fingerprint density at radius 1 is 1.22 bits per heavy atom. The summed E-state index contributed by atoms with van der Waals surface area (Å²) in [6, 6.07) is 10.9. The van der Waals surface area contributed by atoms with Gasteiger partial charge in [0.1, 0.15) is 17.7 Å². The fraction of sp³-hybridized carbons (Fsp3) is 0.320. The number of nitrogens with zero attached hydrogens (tertiary/aromatic N) is 3. The maximum atomic E-state index is 13.3. The molecule has 1 amide bonds. The first-order valence-corrected chi connectivity index (χ1v) is 11.6. The lowest BCUT2D eigenvalue weighted by Gasteiger charge is -2.31. The second-order valence-electron chi connectivity index (χ2n) is 8.69. The number of rotatable bonds is 8. The number of amides is 1. The van der Waals surface area contributed by atoms with Gasteiger partial charge >= 0.3 is 0 Å². The number of ether oxygens (including phenoxy) is 2. The van der Waals surface area contributed by atoms with Gasteiger partial charge < -0.3 is 19.8 Å². The van der Waals surface area contributed by atoms with Crippen LogP contribution in [0.4, 0.5) is 14.5 Å². The minimum absolute atomic E-state index is 0.108. The highest BCUT2D eigenvalue weighted by Gasteiger charge is 2.25. The van der Waals surface area contributed by atoms with Crippen LogP contribution in [0.25, 0.3) is 11.0 Å². The van der Waals surface area contributed by atoms with Crippen molar-refractivity contribution in [2.45, 2.75) is 19.4 Å². The molecule has 4 aromatic rings. The number of aromatic amines is 2. The van der Waals surface area contributed by atoms with Crippen LogP contribution in [0.3, 0.4) is 0 Å². The van der Waals surface area contributed by atoms with E-state index in [2.05, 4.69) is 25.5 Å². The van der Waals surface area contributed by atoms with Gasteiger partial charge in [-0.1, -0.05) is 0 Å². The Labute approximate surface area is 205 Å². The molecule has 11 heteroatoms. The summed E-state index contributed by atoms with van der Waals surface area (Å²) < 4.78 is 37.7. The van der Waals surface area contributed by atoms with Crippen LogP contribution in [0.1, 0.15) is 23.3 Å². The van der Waals surface area contributed by atoms with Gasteiger partial charge in [-0.15, -0.1) is 0 Å². The van der Waals surface area contributed by atoms with Crippen LogP contribution in [-0.2, 0) is 16.0 Å². The van der Waals surface area contributed by atoms with Crippen molar-refractivity contribution in [2.24, 2.45) is 0 Å². The SMILES string of the molecule is Cc1nc2ccc(NC(=O)CN3CCOC(c4cc(CCOc5ccc(F)c(F)c5)[nH]n4)C3)cc2[nH]1. The maximum absolute atomic E-state index is 13.3. The van der Waals surface area contributed by atoms with E-state index in [1.54, 1.807) is 0 Å². The Morgan fingerprint density at radius 2 is 2.11 bits per heavy atom. The van der Waals surface area contributed by atoms with Crippen molar-refractivity contribution in [3.8, 4) is 5.75 Å². The van der Waals surface area contributed by atoms with Crippen molar-refractivity contribution in [3.63, 3.8) is 0 Å². The van der Waals surface area contributed by atoms with Crippen LogP contribution in [0.15, 0.2) is 42.5 Å². The summed E-state index contributed by atoms with van der Waals surface area (Å²) in [5.41, 5.74) is 4.01. The molecule has 1 aliphatic heterocycles. The van der Waals surface area contributed by atoms with Gasteiger partial charge in [0.2, 0.25) is 5.91 Å². The number of anilines is 1. The number of imidazole rings is 1. The third-order valence-electron chi connectivity index (χ3n) is 5.91. The van der Waals surface area contributed by atoms with Gasteiger partial charge in [0.05, 0.1) is 36.5 Å². The van der Waals surface area contributed by atoms with Gasteiger partial charge in [0, 0.05) is 37.0 Å². The molecule has 3 heterocycles. The molecule has 0 bridgehead atoms. The Bertz CT molecular complexity index is 1370. The third kappa shape index (κ3) is 5.69. The Morgan fingerprint density at radius 3 is 2.97 bits per heavy atom. The monoisotopic (exact) mass is 496 g/mol. The molecule has 1 saturated heterocycles. The fourth-order valence-corrected chi connectivity index (χ4v) is 4.16. The summed E-state index contributed by atoms with van der Waals surface area (Å²) in [6.07, 6.45) is 0.235. The zero-order valence-corrected chi connectivity index (χ0v) is 19.7. The Hall–Kier alpha value is -3.83. The Balaban J connectivity index is 1.11. The van der Waals surface area contributed by atoms with Crippen molar-refractivity contribution in [1.82, 2.24) is 25.1 Å². The lowest BCUT2D eigenvalue weighted by molar-refractivity contribution is -0.119. The minimum atomic E-state index is -0.946. The predicted molar refractivity (Wildman–Crippen MR) is 129 cm³/mol. The Kier molecular flexibility index (Phi) is 6.92. The molecule has 3 N–H and O–H groups in total. The normalized spacial score (nSPS) is 16.4. The van der Waals surface area contributed by atoms with Gasteiger partial charge in [-0.25, -0.2) is 13.8 Å². The van der Waals surface area contributed by atoms with Crippen molar-refractivity contribution in [2.75, 3.05) is 38.2 Å². The first kappa shape index (κ1) is 23.9. The van der Waals surface area contributed by atoms with Gasteiger partial charge in [-0.3, -0.25) is 14.8 Å². The molecular weight excluding hydrogens is 470 g/mol. The number of hydrogen-bond donors (Lipinski definition) is 3. The highest BCUT2D eigenvalue weighted by Crippen LogP contribution is 2.22. The van der Waals surface area contributed by atoms with Crippen LogP contribution >= 0.6 is 0 Å². The lowest BCUT2D eigenvalue weighted by atomic mass is 10.2. The number of carbonyl (C=O) groups is 1. The second-order valence-corrected chi connectivity index (χ2v) is 8.69. The summed E-state index contributed by atoms with van der Waals surface area (Å²) in [5.74, 6) is -0.880. The molecule has 0 saturated carbocycles. The molecule has 188 valence electrons. The summed E-state index contributed by atoms with van der Waals surface area (Å²) >= 11 is 0. The van der Waals surface area contributed by atoms with E-state index in [9.17, 15) is 13.6 Å². The summed E-state index contributed by atoms with van der Waals surface area (Å²) in [5, 5.41) is 10.3. The summed E-state index contributed by atoms with van der Waals surface area (Å²) in [7, 11) is 0. The average Bonchev–Trinajstić information content (AvgIpc) is 3.47. The molecule has 1 aliphatic rings. The van der Waals surface area contributed by atoms with Crippen LogP contribution in [0, 0.1) is 18.6 Å². The zero-order valence-electron chi connectivity index (χ0n) is 19.7. The van der Waals surface area contributed by atoms with E-state index in [1.807, 2.05) is 36.1 Å². The predicted octanol–water partition coefficient (Wildman–Crippen LogP) is 3.51. The number of halogens is 2. The molecule has 0 radical (unpaired) electrons. The molecule has 36 heavy (non-hydrogen) atoms. The molecule has 5 rings (SSSR count). The van der Waals surface area contributed by atoms with Crippen molar-refractivity contribution >= 4 is 22.6 Å². The number of fused-ring (bicyclic) bond motifs is 1. The molecule has 0 aliphatic carbocycles. The number of aryl methyl sites for hydroxylation is 1. The van der Waals surface area contributed by atoms with E-state index >= 15 is 0 Å². The minimum Gasteiger partial charge on any atom is -0.493 e. The van der Waals surface area contributed by atoms with E-state index in [-0.39, 0.29) is 30.9 Å². The first-order chi connectivity index (χ1) is 17.4. The fourth-order valence-electron chi connectivity index (χ4n) is 4.16. The number of benzene rings is 2. The maximum Gasteiger partial charge on any atom is 0.238 e. The van der Waals surface area contributed by atoms with Gasteiger partial charge in [-0.05, 0) is 43.3 Å². The largest absolute Gasteiger partial charge is 0.493 e. The second kappa shape index (κ2) is 10.4. The number of morpholine rings is 1. The smallest absolute Gasteiger partial charge is 0.238 e. The third-order valence-corrected chi connectivity index (χ3v) is 5.91. The number of hydrogen-bond acceptors (Lipinski definition) is 6. The van der Waals surface area contributed by atoms with E-state index in [1.165, 1.54) is 6.07 Å². The van der Waals surface area contributed by atoms with Gasteiger partial charge in [-0.2, -0.15) is 5.10 Å². The zero-order chi connectivity index (χ0) is 25.1. The highest BCUT2D eigenvalue weighted by atomic mass is 19.2. The molecule has 1 unspecified atom stereocenters. The molecular formula is C25H26F2N6O3. The lowest BCUT2D eigenvalue weighted by Crippen LogP contribution is -2.42. The quantitative estimate of drug-likeness (QED) is 0.345. The number of nitrogens with one attached hydrogen (secondary N) is 3. The van der Waals surface area contributed by atoms with Crippen molar-refractivity contribution < 1.29 is 23.0 Å². The highest BCUT2D eigenvalue weighted by molar-refractivity contribution is 5.94. The first-order valence-electron chi connectivity index (χ1n) is 11.6. The molecule has 2 aromatic heterocycles. The number of carbonyl (C=O) groups excluding carboxylic acids is 1. The molecule has 9 nitrogen and oxygen atoms in total. The topological polar surface area (TPSA) is 108 Å². The van der Waals surface area contributed by atoms with Gasteiger partial charge in [0.15, 0.2) is 11.6 Å². The average molecular weight is 497 g/mol. The number of H-pyrrole nitrogens is 2. The number of aromatic nitrogens is 4. The van der Waals surface area contributed by atoms with E-state index in [4.69, 9.17) is 9.47 Å². The molecule has 1 atom stereocenters.